The smallest absolute Gasteiger partial charge is 0.268 e. The number of hydrogen-bond donors (Lipinski definition) is 0. The predicted molar refractivity (Wildman–Crippen MR) is 83.5 cm³/mol. The first kappa shape index (κ1) is 13.9. The van der Waals surface area contributed by atoms with Gasteiger partial charge in [-0.15, -0.1) is 0 Å². The summed E-state index contributed by atoms with van der Waals surface area (Å²) in [5.41, 5.74) is 1.71. The standard InChI is InChI=1S/C16H13N3O3/c1-10-9-12(19(21)22)7-8-15(10)18-11(2)17-14-6-4-3-5-13(14)16(18)20/h3-9H,1-2H3. The third-order valence-corrected chi connectivity index (χ3v) is 3.58. The minimum absolute atomic E-state index is 0.000649. The first-order valence-corrected chi connectivity index (χ1v) is 6.73. The van der Waals surface area contributed by atoms with E-state index in [0.717, 1.165) is 0 Å². The summed E-state index contributed by atoms with van der Waals surface area (Å²) in [7, 11) is 0. The van der Waals surface area contributed by atoms with Crippen LogP contribution < -0.4 is 5.56 Å². The van der Waals surface area contributed by atoms with Gasteiger partial charge in [0.25, 0.3) is 11.2 Å². The van der Waals surface area contributed by atoms with E-state index >= 15 is 0 Å². The molecule has 0 N–H and O–H groups in total. The van der Waals surface area contributed by atoms with E-state index in [1.165, 1.54) is 16.7 Å². The minimum atomic E-state index is -0.453. The molecule has 0 radical (unpaired) electrons. The van der Waals surface area contributed by atoms with Crippen LogP contribution in [0.2, 0.25) is 0 Å². The van der Waals surface area contributed by atoms with Crippen molar-refractivity contribution in [2.45, 2.75) is 13.8 Å². The number of aromatic nitrogens is 2. The number of nitrogens with zero attached hydrogens (tertiary/aromatic N) is 3. The number of nitro benzene ring substituents is 1. The number of nitro groups is 1. The molecular formula is C16H13N3O3. The molecule has 22 heavy (non-hydrogen) atoms. The molecule has 110 valence electrons. The maximum atomic E-state index is 12.7. The molecule has 6 nitrogen and oxygen atoms in total. The summed E-state index contributed by atoms with van der Waals surface area (Å²) in [6.45, 7) is 3.48. The van der Waals surface area contributed by atoms with Gasteiger partial charge in [-0.1, -0.05) is 12.1 Å². The topological polar surface area (TPSA) is 78.0 Å². The van der Waals surface area contributed by atoms with Crippen molar-refractivity contribution in [3.63, 3.8) is 0 Å². The van der Waals surface area contributed by atoms with Crippen molar-refractivity contribution in [3.8, 4) is 5.69 Å². The highest BCUT2D eigenvalue weighted by atomic mass is 16.6. The molecule has 0 fully saturated rings. The Bertz CT molecular complexity index is 960. The van der Waals surface area contributed by atoms with Gasteiger partial charge in [-0.25, -0.2) is 4.98 Å². The third-order valence-electron chi connectivity index (χ3n) is 3.58. The second kappa shape index (κ2) is 5.07. The first-order valence-electron chi connectivity index (χ1n) is 6.73. The fourth-order valence-corrected chi connectivity index (χ4v) is 2.53. The number of non-ortho nitro benzene ring substituents is 1. The number of fused-ring (bicyclic) bond motifs is 1. The van der Waals surface area contributed by atoms with Gasteiger partial charge >= 0.3 is 0 Å². The average Bonchev–Trinajstić information content (AvgIpc) is 2.48. The van der Waals surface area contributed by atoms with Gasteiger partial charge in [0, 0.05) is 12.1 Å². The van der Waals surface area contributed by atoms with E-state index < -0.39 is 4.92 Å². The molecule has 1 heterocycles. The molecule has 6 heteroatoms. The Morgan fingerprint density at radius 3 is 2.55 bits per heavy atom. The van der Waals surface area contributed by atoms with Crippen LogP contribution in [0.3, 0.4) is 0 Å². The van der Waals surface area contributed by atoms with Crippen LogP contribution in [-0.2, 0) is 0 Å². The Labute approximate surface area is 125 Å². The lowest BCUT2D eigenvalue weighted by Crippen LogP contribution is -2.23. The Balaban J connectivity index is 2.31. The Hall–Kier alpha value is -3.02. The molecule has 0 bridgehead atoms. The molecule has 1 aromatic heterocycles. The molecule has 0 amide bonds. The van der Waals surface area contributed by atoms with Crippen molar-refractivity contribution in [2.75, 3.05) is 0 Å². The molecule has 0 saturated heterocycles. The van der Waals surface area contributed by atoms with Crippen molar-refractivity contribution < 1.29 is 4.92 Å². The Morgan fingerprint density at radius 1 is 1.14 bits per heavy atom. The van der Waals surface area contributed by atoms with Crippen LogP contribution in [0.5, 0.6) is 0 Å². The SMILES string of the molecule is Cc1cc([N+](=O)[O-])ccc1-n1c(C)nc2ccccc2c1=O. The van der Waals surface area contributed by atoms with Crippen molar-refractivity contribution in [1.82, 2.24) is 9.55 Å². The summed E-state index contributed by atoms with van der Waals surface area (Å²) in [4.78, 5) is 27.5. The zero-order valence-corrected chi connectivity index (χ0v) is 12.1. The van der Waals surface area contributed by atoms with Crippen LogP contribution in [0.15, 0.2) is 47.3 Å². The minimum Gasteiger partial charge on any atom is -0.268 e. The summed E-state index contributed by atoms with van der Waals surface area (Å²) in [5, 5.41) is 11.4. The Kier molecular flexibility index (Phi) is 3.21. The van der Waals surface area contributed by atoms with E-state index in [2.05, 4.69) is 4.98 Å². The highest BCUT2D eigenvalue weighted by molar-refractivity contribution is 5.77. The first-order chi connectivity index (χ1) is 10.5. The van der Waals surface area contributed by atoms with Crippen LogP contribution in [0, 0.1) is 24.0 Å². The van der Waals surface area contributed by atoms with Crippen molar-refractivity contribution in [1.29, 1.82) is 0 Å². The lowest BCUT2D eigenvalue weighted by atomic mass is 10.1. The summed E-state index contributed by atoms with van der Waals surface area (Å²) < 4.78 is 1.49. The van der Waals surface area contributed by atoms with Gasteiger partial charge in [0.1, 0.15) is 5.82 Å². The highest BCUT2D eigenvalue weighted by Crippen LogP contribution is 2.21. The molecule has 2 aromatic carbocycles. The molecule has 0 aliphatic heterocycles. The molecular weight excluding hydrogens is 282 g/mol. The molecule has 0 unspecified atom stereocenters. The average molecular weight is 295 g/mol. The number of hydrogen-bond acceptors (Lipinski definition) is 4. The number of para-hydroxylation sites is 1. The van der Waals surface area contributed by atoms with Gasteiger partial charge in [-0.05, 0) is 37.6 Å². The second-order valence-corrected chi connectivity index (χ2v) is 5.04. The van der Waals surface area contributed by atoms with Gasteiger partial charge in [0.2, 0.25) is 0 Å². The predicted octanol–water partition coefficient (Wildman–Crippen LogP) is 2.91. The van der Waals surface area contributed by atoms with Crippen LogP contribution in [-0.4, -0.2) is 14.5 Å². The lowest BCUT2D eigenvalue weighted by molar-refractivity contribution is -0.384. The van der Waals surface area contributed by atoms with E-state index in [1.54, 1.807) is 38.1 Å². The van der Waals surface area contributed by atoms with Crippen LogP contribution >= 0.6 is 0 Å². The number of rotatable bonds is 2. The van der Waals surface area contributed by atoms with Gasteiger partial charge < -0.3 is 0 Å². The van der Waals surface area contributed by atoms with Crippen molar-refractivity contribution in [2.24, 2.45) is 0 Å². The van der Waals surface area contributed by atoms with Crippen LogP contribution in [0.25, 0.3) is 16.6 Å². The van der Waals surface area contributed by atoms with Gasteiger partial charge in [0.05, 0.1) is 21.5 Å². The van der Waals surface area contributed by atoms with E-state index in [0.29, 0.717) is 28.0 Å². The summed E-state index contributed by atoms with van der Waals surface area (Å²) in [6, 6.07) is 11.6. The molecule has 0 spiro atoms. The normalized spacial score (nSPS) is 10.8. The van der Waals surface area contributed by atoms with Crippen molar-refractivity contribution >= 4 is 16.6 Å². The second-order valence-electron chi connectivity index (χ2n) is 5.04. The van der Waals surface area contributed by atoms with Crippen molar-refractivity contribution in [3.05, 3.63) is 74.3 Å². The number of benzene rings is 2. The monoisotopic (exact) mass is 295 g/mol. The van der Waals surface area contributed by atoms with E-state index in [-0.39, 0.29) is 11.2 Å². The quantitative estimate of drug-likeness (QED) is 0.538. The van der Waals surface area contributed by atoms with Gasteiger partial charge in [0.15, 0.2) is 0 Å². The largest absolute Gasteiger partial charge is 0.269 e. The lowest BCUT2D eigenvalue weighted by Gasteiger charge is -2.13. The van der Waals surface area contributed by atoms with E-state index in [4.69, 9.17) is 0 Å². The fourth-order valence-electron chi connectivity index (χ4n) is 2.53. The molecule has 0 aliphatic rings. The molecule has 0 saturated carbocycles. The molecule has 3 aromatic rings. The highest BCUT2D eigenvalue weighted by Gasteiger charge is 2.14. The van der Waals surface area contributed by atoms with Crippen LogP contribution in [0.4, 0.5) is 5.69 Å². The molecule has 0 atom stereocenters. The Morgan fingerprint density at radius 2 is 1.86 bits per heavy atom. The van der Waals surface area contributed by atoms with E-state index in [1.807, 2.05) is 6.07 Å². The van der Waals surface area contributed by atoms with Gasteiger partial charge in [-0.2, -0.15) is 0 Å². The summed E-state index contributed by atoms with van der Waals surface area (Å²) in [6.07, 6.45) is 0. The fraction of sp³-hybridized carbons (Fsp3) is 0.125. The van der Waals surface area contributed by atoms with Crippen LogP contribution in [0.1, 0.15) is 11.4 Å². The molecule has 0 aliphatic carbocycles. The number of aryl methyl sites for hydroxylation is 2. The third kappa shape index (κ3) is 2.14. The zero-order valence-electron chi connectivity index (χ0n) is 12.1. The van der Waals surface area contributed by atoms with E-state index in [9.17, 15) is 14.9 Å². The zero-order chi connectivity index (χ0) is 15.9. The maximum absolute atomic E-state index is 12.7. The van der Waals surface area contributed by atoms with Gasteiger partial charge in [-0.3, -0.25) is 19.5 Å². The molecule has 3 rings (SSSR count). The maximum Gasteiger partial charge on any atom is 0.269 e. The summed E-state index contributed by atoms with van der Waals surface area (Å²) >= 11 is 0. The summed E-state index contributed by atoms with van der Waals surface area (Å²) in [5.74, 6) is 0.542.